The van der Waals surface area contributed by atoms with Crippen molar-refractivity contribution in [2.24, 2.45) is 4.40 Å². The van der Waals surface area contributed by atoms with E-state index in [1.54, 1.807) is 12.1 Å². The molecular formula is C14H13NO4S. The van der Waals surface area contributed by atoms with Gasteiger partial charge in [0.25, 0.3) is 10.0 Å². The number of hydrogen-bond donors (Lipinski definition) is 0. The number of rotatable bonds is 3. The average molecular weight is 291 g/mol. The van der Waals surface area contributed by atoms with Crippen molar-refractivity contribution < 1.29 is 17.9 Å². The maximum absolute atomic E-state index is 12.2. The molecule has 0 aromatic heterocycles. The molecule has 1 aliphatic carbocycles. The van der Waals surface area contributed by atoms with Gasteiger partial charge in [-0.15, -0.1) is 0 Å². The van der Waals surface area contributed by atoms with Crippen molar-refractivity contribution in [1.29, 1.82) is 0 Å². The molecule has 0 N–H and O–H groups in total. The van der Waals surface area contributed by atoms with Crippen LogP contribution in [0.2, 0.25) is 0 Å². The van der Waals surface area contributed by atoms with Gasteiger partial charge in [0.15, 0.2) is 5.78 Å². The highest BCUT2D eigenvalue weighted by atomic mass is 32.2. The van der Waals surface area contributed by atoms with E-state index in [4.69, 9.17) is 4.74 Å². The molecular weight excluding hydrogens is 278 g/mol. The lowest BCUT2D eigenvalue weighted by Crippen LogP contribution is -2.12. The van der Waals surface area contributed by atoms with E-state index in [-0.39, 0.29) is 22.1 Å². The Labute approximate surface area is 117 Å². The van der Waals surface area contributed by atoms with Gasteiger partial charge >= 0.3 is 0 Å². The number of carbonyl (C=O) groups excluding carboxylic acids is 1. The third kappa shape index (κ3) is 3.03. The molecule has 20 heavy (non-hydrogen) atoms. The summed E-state index contributed by atoms with van der Waals surface area (Å²) in [7, 11) is -2.48. The summed E-state index contributed by atoms with van der Waals surface area (Å²) in [6, 6.07) is 6.37. The number of aryl methyl sites for hydroxylation is 1. The molecule has 0 heterocycles. The van der Waals surface area contributed by atoms with Gasteiger partial charge in [-0.2, -0.15) is 12.8 Å². The van der Waals surface area contributed by atoms with Crippen LogP contribution in [0.5, 0.6) is 0 Å². The van der Waals surface area contributed by atoms with Crippen LogP contribution in [-0.4, -0.2) is 27.0 Å². The zero-order chi connectivity index (χ0) is 14.8. The number of benzene rings is 1. The van der Waals surface area contributed by atoms with Gasteiger partial charge in [0, 0.05) is 6.08 Å². The average Bonchev–Trinajstić information content (AvgIpc) is 2.41. The van der Waals surface area contributed by atoms with Crippen LogP contribution in [0.15, 0.2) is 57.5 Å². The molecule has 1 aromatic carbocycles. The molecule has 6 heteroatoms. The molecule has 0 unspecified atom stereocenters. The van der Waals surface area contributed by atoms with Gasteiger partial charge in [0.2, 0.25) is 0 Å². The molecule has 0 amide bonds. The highest BCUT2D eigenvalue weighted by Crippen LogP contribution is 2.16. The van der Waals surface area contributed by atoms with Crippen molar-refractivity contribution in [3.8, 4) is 0 Å². The van der Waals surface area contributed by atoms with Gasteiger partial charge in [-0.3, -0.25) is 4.79 Å². The highest BCUT2D eigenvalue weighted by molar-refractivity contribution is 7.90. The fourth-order valence-corrected chi connectivity index (χ4v) is 2.62. The quantitative estimate of drug-likeness (QED) is 0.796. The van der Waals surface area contributed by atoms with Crippen LogP contribution in [0.4, 0.5) is 0 Å². The van der Waals surface area contributed by atoms with Crippen molar-refractivity contribution >= 4 is 21.5 Å². The minimum absolute atomic E-state index is 0.0938. The Morgan fingerprint density at radius 1 is 1.10 bits per heavy atom. The predicted octanol–water partition coefficient (Wildman–Crippen LogP) is 1.79. The monoisotopic (exact) mass is 291 g/mol. The lowest BCUT2D eigenvalue weighted by atomic mass is 10.1. The minimum atomic E-state index is -3.83. The first-order chi connectivity index (χ1) is 9.42. The Bertz CT molecular complexity index is 725. The Morgan fingerprint density at radius 3 is 2.35 bits per heavy atom. The van der Waals surface area contributed by atoms with Crippen molar-refractivity contribution in [3.63, 3.8) is 0 Å². The molecule has 0 radical (unpaired) electrons. The van der Waals surface area contributed by atoms with Crippen molar-refractivity contribution in [1.82, 2.24) is 0 Å². The number of allylic oxidation sites excluding steroid dienone is 3. The Hall–Kier alpha value is -2.21. The fourth-order valence-electron chi connectivity index (χ4n) is 1.63. The molecule has 0 fully saturated rings. The third-order valence-electron chi connectivity index (χ3n) is 2.69. The van der Waals surface area contributed by atoms with Gasteiger partial charge in [0.1, 0.15) is 11.5 Å². The van der Waals surface area contributed by atoms with Crippen LogP contribution in [0.25, 0.3) is 0 Å². The molecule has 104 valence electrons. The lowest BCUT2D eigenvalue weighted by Gasteiger charge is -2.09. The predicted molar refractivity (Wildman–Crippen MR) is 75.0 cm³/mol. The van der Waals surface area contributed by atoms with Crippen molar-refractivity contribution in [2.75, 3.05) is 7.11 Å². The van der Waals surface area contributed by atoms with Crippen LogP contribution in [0.3, 0.4) is 0 Å². The van der Waals surface area contributed by atoms with E-state index in [2.05, 4.69) is 4.40 Å². The number of nitrogens with zero attached hydrogens (tertiary/aromatic N) is 1. The number of ketones is 1. The summed E-state index contributed by atoms with van der Waals surface area (Å²) in [5.41, 5.74) is 1.06. The van der Waals surface area contributed by atoms with E-state index in [1.165, 1.54) is 37.5 Å². The van der Waals surface area contributed by atoms with E-state index >= 15 is 0 Å². The SMILES string of the molecule is COC1=CC(=O)C=C/C1=N\S(=O)(=O)c1ccc(C)cc1. The second kappa shape index (κ2) is 5.42. The summed E-state index contributed by atoms with van der Waals surface area (Å²) < 4.78 is 33.0. The zero-order valence-corrected chi connectivity index (χ0v) is 11.8. The Kier molecular flexibility index (Phi) is 3.85. The second-order valence-corrected chi connectivity index (χ2v) is 5.82. The van der Waals surface area contributed by atoms with Gasteiger partial charge in [-0.05, 0) is 31.2 Å². The van der Waals surface area contributed by atoms with E-state index in [9.17, 15) is 13.2 Å². The number of sulfonamides is 1. The molecule has 2 rings (SSSR count). The summed E-state index contributed by atoms with van der Waals surface area (Å²) in [6.45, 7) is 1.86. The van der Waals surface area contributed by atoms with Gasteiger partial charge in [-0.25, -0.2) is 0 Å². The van der Waals surface area contributed by atoms with Gasteiger partial charge in [0.05, 0.1) is 12.0 Å². The number of hydrogen-bond acceptors (Lipinski definition) is 4. The van der Waals surface area contributed by atoms with Gasteiger partial charge < -0.3 is 4.74 Å². The molecule has 0 bridgehead atoms. The molecule has 0 saturated carbocycles. The number of methoxy groups -OCH3 is 1. The zero-order valence-electron chi connectivity index (χ0n) is 11.0. The normalized spacial score (nSPS) is 17.2. The van der Waals surface area contributed by atoms with E-state index < -0.39 is 10.0 Å². The Balaban J connectivity index is 2.43. The maximum atomic E-state index is 12.2. The number of ether oxygens (including phenoxy) is 1. The summed E-state index contributed by atoms with van der Waals surface area (Å²) in [5.74, 6) is -0.137. The molecule has 0 aliphatic heterocycles. The van der Waals surface area contributed by atoms with Crippen LogP contribution in [0.1, 0.15) is 5.56 Å². The molecule has 1 aliphatic rings. The smallest absolute Gasteiger partial charge is 0.282 e. The maximum Gasteiger partial charge on any atom is 0.282 e. The summed E-state index contributed by atoms with van der Waals surface area (Å²) in [6.07, 6.45) is 3.77. The molecule has 0 saturated heterocycles. The number of carbonyl (C=O) groups is 1. The first-order valence-electron chi connectivity index (χ1n) is 5.82. The lowest BCUT2D eigenvalue weighted by molar-refractivity contribution is -0.110. The highest BCUT2D eigenvalue weighted by Gasteiger charge is 2.18. The molecule has 1 aromatic rings. The van der Waals surface area contributed by atoms with Crippen LogP contribution in [-0.2, 0) is 19.6 Å². The minimum Gasteiger partial charge on any atom is -0.494 e. The third-order valence-corrected chi connectivity index (χ3v) is 3.99. The molecule has 0 atom stereocenters. The summed E-state index contributed by atoms with van der Waals surface area (Å²) in [5, 5.41) is 0. The Morgan fingerprint density at radius 2 is 1.75 bits per heavy atom. The van der Waals surface area contributed by atoms with E-state index in [0.717, 1.165) is 5.56 Å². The molecule has 0 spiro atoms. The van der Waals surface area contributed by atoms with E-state index in [1.807, 2.05) is 6.92 Å². The second-order valence-electron chi connectivity index (χ2n) is 4.21. The standard InChI is InChI=1S/C14H13NO4S/c1-10-3-6-12(7-4-10)20(17,18)15-13-8-5-11(16)9-14(13)19-2/h3-9H,1-2H3/b15-13+. The fraction of sp³-hybridized carbons (Fsp3) is 0.143. The topological polar surface area (TPSA) is 72.8 Å². The van der Waals surface area contributed by atoms with Crippen molar-refractivity contribution in [3.05, 3.63) is 53.8 Å². The first kappa shape index (κ1) is 14.2. The van der Waals surface area contributed by atoms with E-state index in [0.29, 0.717) is 0 Å². The summed E-state index contributed by atoms with van der Waals surface area (Å²) >= 11 is 0. The van der Waals surface area contributed by atoms with Crippen LogP contribution < -0.4 is 0 Å². The van der Waals surface area contributed by atoms with Crippen molar-refractivity contribution in [2.45, 2.75) is 11.8 Å². The van der Waals surface area contributed by atoms with Gasteiger partial charge in [-0.1, -0.05) is 17.7 Å². The van der Waals surface area contributed by atoms with Crippen LogP contribution >= 0.6 is 0 Å². The van der Waals surface area contributed by atoms with Crippen LogP contribution in [0, 0.1) is 6.92 Å². The molecule has 5 nitrogen and oxygen atoms in total. The summed E-state index contributed by atoms with van der Waals surface area (Å²) in [4.78, 5) is 11.3. The first-order valence-corrected chi connectivity index (χ1v) is 7.26. The largest absolute Gasteiger partial charge is 0.494 e.